The number of aryl methyl sites for hydroxylation is 2. The first-order valence-corrected chi connectivity index (χ1v) is 12.1. The van der Waals surface area contributed by atoms with Gasteiger partial charge in [-0.3, -0.25) is 14.9 Å². The lowest BCUT2D eigenvalue weighted by molar-refractivity contribution is -0.384. The quantitative estimate of drug-likeness (QED) is 0.168. The number of hydrogen-bond donors (Lipinski definition) is 1. The average molecular weight is 504 g/mol. The van der Waals surface area contributed by atoms with E-state index in [-0.39, 0.29) is 22.4 Å². The van der Waals surface area contributed by atoms with Crippen LogP contribution in [0.2, 0.25) is 0 Å². The Morgan fingerprint density at radius 2 is 1.78 bits per heavy atom. The van der Waals surface area contributed by atoms with E-state index in [1.165, 1.54) is 36.1 Å². The number of nitro groups is 1. The minimum atomic E-state index is -0.577. The van der Waals surface area contributed by atoms with Crippen molar-refractivity contribution in [2.45, 2.75) is 18.2 Å². The molecule has 5 aromatic rings. The molecule has 1 N–H and O–H groups in total. The number of para-hydroxylation sites is 2. The highest BCUT2D eigenvalue weighted by Gasteiger charge is 2.18. The van der Waals surface area contributed by atoms with E-state index in [2.05, 4.69) is 44.3 Å². The summed E-state index contributed by atoms with van der Waals surface area (Å²) < 4.78 is 13.0. The topological polar surface area (TPSA) is 125 Å². The fourth-order valence-electron chi connectivity index (χ4n) is 4.06. The number of carbonyl (C=O) groups is 1. The summed E-state index contributed by atoms with van der Waals surface area (Å²) in [5.41, 5.74) is 2.11. The predicted molar refractivity (Wildman–Crippen MR) is 136 cm³/mol. The van der Waals surface area contributed by atoms with Crippen LogP contribution in [0.25, 0.3) is 21.8 Å². The number of anilines is 1. The molecule has 36 heavy (non-hydrogen) atoms. The van der Waals surface area contributed by atoms with Gasteiger partial charge in [0.1, 0.15) is 11.4 Å². The number of nitrogens with one attached hydrogen (secondary N) is 1. The van der Waals surface area contributed by atoms with Crippen LogP contribution in [0.3, 0.4) is 0 Å². The van der Waals surface area contributed by atoms with Gasteiger partial charge in [0, 0.05) is 34.8 Å². The molecule has 11 heteroatoms. The first-order valence-electron chi connectivity index (χ1n) is 11.1. The van der Waals surface area contributed by atoms with Gasteiger partial charge in [-0.2, -0.15) is 0 Å². The van der Waals surface area contributed by atoms with Crippen LogP contribution in [0.5, 0.6) is 5.75 Å². The Labute approximate surface area is 209 Å². The summed E-state index contributed by atoms with van der Waals surface area (Å²) in [6.45, 7) is 0.655. The van der Waals surface area contributed by atoms with Crippen LogP contribution < -0.4 is 10.1 Å². The number of carbonyl (C=O) groups excluding carboxylic acids is 1. The number of hydrogen-bond acceptors (Lipinski definition) is 8. The summed E-state index contributed by atoms with van der Waals surface area (Å²) >= 11 is 1.07. The minimum Gasteiger partial charge on any atom is -0.496 e. The molecule has 0 aliphatic rings. The van der Waals surface area contributed by atoms with E-state index in [1.807, 2.05) is 24.3 Å². The number of thioether (sulfide) groups is 1. The zero-order chi connectivity index (χ0) is 25.1. The summed E-state index contributed by atoms with van der Waals surface area (Å²) in [6, 6.07) is 20.7. The first kappa shape index (κ1) is 23.4. The van der Waals surface area contributed by atoms with Crippen molar-refractivity contribution < 1.29 is 18.9 Å². The SMILES string of the molecule is COc1ccc(NC(=O)CSc2nnc(CCn3c4ccccc4c4ccccc43)o2)c([N+](=O)[O-])c1. The van der Waals surface area contributed by atoms with Crippen LogP contribution in [-0.4, -0.2) is 38.5 Å². The predicted octanol–water partition coefficient (Wildman–Crippen LogP) is 5.07. The molecule has 0 radical (unpaired) electrons. The maximum atomic E-state index is 12.4. The first-order chi connectivity index (χ1) is 17.5. The third-order valence-electron chi connectivity index (χ3n) is 5.68. The molecule has 10 nitrogen and oxygen atoms in total. The maximum Gasteiger partial charge on any atom is 0.296 e. The average Bonchev–Trinajstić information content (AvgIpc) is 3.48. The minimum absolute atomic E-state index is 0.0440. The van der Waals surface area contributed by atoms with Gasteiger partial charge in [0.05, 0.1) is 23.9 Å². The Morgan fingerprint density at radius 3 is 2.44 bits per heavy atom. The third-order valence-corrected chi connectivity index (χ3v) is 6.50. The van der Waals surface area contributed by atoms with Crippen molar-refractivity contribution in [1.29, 1.82) is 0 Å². The van der Waals surface area contributed by atoms with Crippen LogP contribution in [0.15, 0.2) is 76.4 Å². The number of benzene rings is 3. The van der Waals surface area contributed by atoms with Crippen LogP contribution in [-0.2, 0) is 17.8 Å². The Bertz CT molecular complexity index is 1520. The largest absolute Gasteiger partial charge is 0.496 e. The summed E-state index contributed by atoms with van der Waals surface area (Å²) in [4.78, 5) is 23.1. The molecule has 5 rings (SSSR count). The van der Waals surface area contributed by atoms with E-state index >= 15 is 0 Å². The second kappa shape index (κ2) is 10.1. The van der Waals surface area contributed by atoms with E-state index in [0.29, 0.717) is 24.6 Å². The number of amides is 1. The molecule has 0 atom stereocenters. The van der Waals surface area contributed by atoms with Gasteiger partial charge in [-0.15, -0.1) is 10.2 Å². The molecule has 2 heterocycles. The van der Waals surface area contributed by atoms with Crippen molar-refractivity contribution in [3.63, 3.8) is 0 Å². The summed E-state index contributed by atoms with van der Waals surface area (Å²) in [5.74, 6) is 0.315. The highest BCUT2D eigenvalue weighted by molar-refractivity contribution is 7.99. The highest BCUT2D eigenvalue weighted by atomic mass is 32.2. The molecule has 1 amide bonds. The molecule has 0 saturated carbocycles. The lowest BCUT2D eigenvalue weighted by atomic mass is 10.2. The molecule has 0 aliphatic carbocycles. The molecule has 0 aliphatic heterocycles. The summed E-state index contributed by atoms with van der Waals surface area (Å²) in [6.07, 6.45) is 0.528. The van der Waals surface area contributed by atoms with Crippen LogP contribution in [0.1, 0.15) is 5.89 Å². The van der Waals surface area contributed by atoms with Gasteiger partial charge >= 0.3 is 0 Å². The standard InChI is InChI=1S/C25H21N5O5S/c1-34-16-10-11-19(22(14-16)30(32)33)26-23(31)15-36-25-28-27-24(35-25)12-13-29-20-8-4-2-6-17(20)18-7-3-5-9-21(18)29/h2-11,14H,12-13,15H2,1H3,(H,26,31). The maximum absolute atomic E-state index is 12.4. The van der Waals surface area contributed by atoms with Crippen molar-refractivity contribution in [2.75, 3.05) is 18.2 Å². The van der Waals surface area contributed by atoms with E-state index in [4.69, 9.17) is 9.15 Å². The number of ether oxygens (including phenoxy) is 1. The van der Waals surface area contributed by atoms with Crippen molar-refractivity contribution in [1.82, 2.24) is 14.8 Å². The Morgan fingerprint density at radius 1 is 1.08 bits per heavy atom. The molecule has 0 spiro atoms. The fraction of sp³-hybridized carbons (Fsp3) is 0.160. The van der Waals surface area contributed by atoms with Gasteiger partial charge in [0.15, 0.2) is 0 Å². The van der Waals surface area contributed by atoms with Gasteiger partial charge in [0.2, 0.25) is 11.8 Å². The molecule has 0 bridgehead atoms. The van der Waals surface area contributed by atoms with Gasteiger partial charge < -0.3 is 19.0 Å². The molecular formula is C25H21N5O5S. The van der Waals surface area contributed by atoms with E-state index in [9.17, 15) is 14.9 Å². The number of methoxy groups -OCH3 is 1. The molecule has 3 aromatic carbocycles. The number of nitrogens with zero attached hydrogens (tertiary/aromatic N) is 4. The zero-order valence-electron chi connectivity index (χ0n) is 19.2. The van der Waals surface area contributed by atoms with Crippen molar-refractivity contribution >= 4 is 50.8 Å². The van der Waals surface area contributed by atoms with Gasteiger partial charge in [0.25, 0.3) is 10.9 Å². The smallest absolute Gasteiger partial charge is 0.296 e. The highest BCUT2D eigenvalue weighted by Crippen LogP contribution is 2.30. The summed E-state index contributed by atoms with van der Waals surface area (Å²) in [7, 11) is 1.41. The second-order valence-corrected chi connectivity index (χ2v) is 8.80. The molecule has 0 unspecified atom stereocenters. The van der Waals surface area contributed by atoms with Crippen LogP contribution in [0, 0.1) is 10.1 Å². The molecular weight excluding hydrogens is 482 g/mol. The van der Waals surface area contributed by atoms with Crippen molar-refractivity contribution in [2.24, 2.45) is 0 Å². The Kier molecular flexibility index (Phi) is 6.54. The van der Waals surface area contributed by atoms with E-state index in [1.54, 1.807) is 0 Å². The third kappa shape index (κ3) is 4.73. The molecule has 182 valence electrons. The number of rotatable bonds is 9. The van der Waals surface area contributed by atoms with Crippen LogP contribution in [0.4, 0.5) is 11.4 Å². The fourth-order valence-corrected chi connectivity index (χ4v) is 4.64. The second-order valence-electron chi connectivity index (χ2n) is 7.87. The lowest BCUT2D eigenvalue weighted by Crippen LogP contribution is -2.15. The number of aromatic nitrogens is 3. The van der Waals surface area contributed by atoms with Gasteiger partial charge in [-0.1, -0.05) is 48.2 Å². The van der Waals surface area contributed by atoms with E-state index < -0.39 is 10.8 Å². The lowest BCUT2D eigenvalue weighted by Gasteiger charge is -2.07. The number of nitro benzene ring substituents is 1. The Hall–Kier alpha value is -4.38. The van der Waals surface area contributed by atoms with Crippen molar-refractivity contribution in [3.05, 3.63) is 82.7 Å². The zero-order valence-corrected chi connectivity index (χ0v) is 20.0. The van der Waals surface area contributed by atoms with Gasteiger partial charge in [-0.05, 0) is 24.3 Å². The van der Waals surface area contributed by atoms with Crippen LogP contribution >= 0.6 is 11.8 Å². The molecule has 2 aromatic heterocycles. The van der Waals surface area contributed by atoms with E-state index in [0.717, 1.165) is 22.8 Å². The Balaban J connectivity index is 1.22. The monoisotopic (exact) mass is 503 g/mol. The summed E-state index contributed by atoms with van der Waals surface area (Å²) in [5, 5.41) is 24.6. The van der Waals surface area contributed by atoms with Crippen molar-refractivity contribution in [3.8, 4) is 5.75 Å². The van der Waals surface area contributed by atoms with Gasteiger partial charge in [-0.25, -0.2) is 0 Å². The normalized spacial score (nSPS) is 11.1. The number of fused-ring (bicyclic) bond motifs is 3. The molecule has 0 saturated heterocycles. The molecule has 0 fully saturated rings.